The summed E-state index contributed by atoms with van der Waals surface area (Å²) in [5.74, 6) is -0.201. The summed E-state index contributed by atoms with van der Waals surface area (Å²) >= 11 is 0. The number of amides is 2. The first kappa shape index (κ1) is 17.0. The molecular weight excluding hydrogens is 328 g/mol. The third kappa shape index (κ3) is 2.81. The zero-order chi connectivity index (χ0) is 17.5. The predicted octanol–water partition coefficient (Wildman–Crippen LogP) is 1.77. The monoisotopic (exact) mass is 350 g/mol. The SMILES string of the molecule is CC1CCCC(NC(=O)CN2C(=O)c3ccccc3S2(=O)=O)C1C. The summed E-state index contributed by atoms with van der Waals surface area (Å²) < 4.78 is 25.6. The van der Waals surface area contributed by atoms with Gasteiger partial charge in [0, 0.05) is 6.04 Å². The van der Waals surface area contributed by atoms with E-state index in [1.165, 1.54) is 12.1 Å². The molecule has 1 aliphatic carbocycles. The maximum absolute atomic E-state index is 12.5. The maximum Gasteiger partial charge on any atom is 0.269 e. The molecule has 0 aromatic heterocycles. The number of fused-ring (bicyclic) bond motifs is 1. The molecule has 0 bridgehead atoms. The van der Waals surface area contributed by atoms with Crippen LogP contribution < -0.4 is 5.32 Å². The van der Waals surface area contributed by atoms with Crippen molar-refractivity contribution in [3.63, 3.8) is 0 Å². The molecule has 24 heavy (non-hydrogen) atoms. The van der Waals surface area contributed by atoms with Gasteiger partial charge in [0.15, 0.2) is 0 Å². The molecule has 3 rings (SSSR count). The van der Waals surface area contributed by atoms with Gasteiger partial charge in [0.05, 0.1) is 5.56 Å². The number of sulfonamides is 1. The fourth-order valence-electron chi connectivity index (χ4n) is 3.56. The molecule has 1 saturated carbocycles. The van der Waals surface area contributed by atoms with E-state index in [0.717, 1.165) is 19.3 Å². The second-order valence-electron chi connectivity index (χ2n) is 6.75. The number of carbonyl (C=O) groups excluding carboxylic acids is 2. The Hall–Kier alpha value is -1.89. The number of rotatable bonds is 3. The molecule has 1 N–H and O–H groups in total. The van der Waals surface area contributed by atoms with Crippen molar-refractivity contribution in [3.8, 4) is 0 Å². The Kier molecular flexibility index (Phi) is 4.38. The van der Waals surface area contributed by atoms with Crippen molar-refractivity contribution in [3.05, 3.63) is 29.8 Å². The van der Waals surface area contributed by atoms with Crippen LogP contribution in [0.3, 0.4) is 0 Å². The average molecular weight is 350 g/mol. The van der Waals surface area contributed by atoms with E-state index < -0.39 is 28.4 Å². The molecule has 1 fully saturated rings. The van der Waals surface area contributed by atoms with Crippen molar-refractivity contribution in [2.75, 3.05) is 6.54 Å². The normalized spacial score (nSPS) is 28.5. The van der Waals surface area contributed by atoms with Gasteiger partial charge >= 0.3 is 0 Å². The summed E-state index contributed by atoms with van der Waals surface area (Å²) in [6.45, 7) is 3.80. The Labute approximate surface area is 142 Å². The lowest BCUT2D eigenvalue weighted by atomic mass is 9.78. The number of hydrogen-bond acceptors (Lipinski definition) is 4. The van der Waals surface area contributed by atoms with Crippen LogP contribution in [-0.4, -0.2) is 37.1 Å². The summed E-state index contributed by atoms with van der Waals surface area (Å²) in [5.41, 5.74) is 0.130. The van der Waals surface area contributed by atoms with Crippen LogP contribution in [0.4, 0.5) is 0 Å². The largest absolute Gasteiger partial charge is 0.352 e. The van der Waals surface area contributed by atoms with Crippen molar-refractivity contribution in [1.82, 2.24) is 9.62 Å². The first-order chi connectivity index (χ1) is 11.3. The van der Waals surface area contributed by atoms with Crippen LogP contribution in [0, 0.1) is 11.8 Å². The highest BCUT2D eigenvalue weighted by molar-refractivity contribution is 7.90. The van der Waals surface area contributed by atoms with E-state index in [1.54, 1.807) is 12.1 Å². The number of hydrogen-bond donors (Lipinski definition) is 1. The smallest absolute Gasteiger partial charge is 0.269 e. The first-order valence-electron chi connectivity index (χ1n) is 8.28. The molecule has 1 aromatic carbocycles. The highest BCUT2D eigenvalue weighted by Gasteiger charge is 2.42. The first-order valence-corrected chi connectivity index (χ1v) is 9.72. The summed E-state index contributed by atoms with van der Waals surface area (Å²) in [4.78, 5) is 24.6. The van der Waals surface area contributed by atoms with Crippen molar-refractivity contribution in [2.45, 2.75) is 44.0 Å². The number of carbonyl (C=O) groups is 2. The summed E-state index contributed by atoms with van der Waals surface area (Å²) in [6, 6.07) is 6.08. The van der Waals surface area contributed by atoms with Gasteiger partial charge in [-0.05, 0) is 30.4 Å². The lowest BCUT2D eigenvalue weighted by Gasteiger charge is -2.34. The molecule has 2 amide bonds. The molecule has 130 valence electrons. The fraction of sp³-hybridized carbons (Fsp3) is 0.529. The molecule has 3 atom stereocenters. The number of nitrogens with zero attached hydrogens (tertiary/aromatic N) is 1. The number of nitrogens with one attached hydrogen (secondary N) is 1. The minimum Gasteiger partial charge on any atom is -0.352 e. The van der Waals surface area contributed by atoms with Gasteiger partial charge < -0.3 is 5.32 Å². The van der Waals surface area contributed by atoms with Crippen LogP contribution in [0.2, 0.25) is 0 Å². The molecule has 2 aliphatic rings. The zero-order valence-electron chi connectivity index (χ0n) is 13.9. The van der Waals surface area contributed by atoms with Gasteiger partial charge in [-0.15, -0.1) is 0 Å². The van der Waals surface area contributed by atoms with Crippen LogP contribution in [-0.2, 0) is 14.8 Å². The molecule has 1 aromatic rings. The van der Waals surface area contributed by atoms with E-state index in [1.807, 2.05) is 0 Å². The Morgan fingerprint density at radius 2 is 1.96 bits per heavy atom. The van der Waals surface area contributed by atoms with Crippen LogP contribution in [0.15, 0.2) is 29.2 Å². The van der Waals surface area contributed by atoms with E-state index in [-0.39, 0.29) is 16.5 Å². The summed E-state index contributed by atoms with van der Waals surface area (Å²) in [7, 11) is -3.93. The maximum atomic E-state index is 12.5. The Balaban J connectivity index is 1.73. The molecule has 0 radical (unpaired) electrons. The summed E-state index contributed by atoms with van der Waals surface area (Å²) in [6.07, 6.45) is 3.07. The van der Waals surface area contributed by atoms with Gasteiger partial charge in [0.2, 0.25) is 5.91 Å². The third-order valence-corrected chi connectivity index (χ3v) is 7.04. The van der Waals surface area contributed by atoms with Gasteiger partial charge in [-0.2, -0.15) is 0 Å². The average Bonchev–Trinajstić information content (AvgIpc) is 2.73. The Bertz CT molecular complexity index is 775. The molecule has 1 aliphatic heterocycles. The van der Waals surface area contributed by atoms with Gasteiger partial charge in [-0.1, -0.05) is 38.8 Å². The number of benzene rings is 1. The van der Waals surface area contributed by atoms with E-state index in [9.17, 15) is 18.0 Å². The third-order valence-electron chi connectivity index (χ3n) is 5.25. The lowest BCUT2D eigenvalue weighted by Crippen LogP contribution is -2.48. The molecule has 3 unspecified atom stereocenters. The van der Waals surface area contributed by atoms with Crippen LogP contribution in [0.1, 0.15) is 43.5 Å². The Morgan fingerprint density at radius 1 is 1.25 bits per heavy atom. The van der Waals surface area contributed by atoms with Gasteiger partial charge in [-0.25, -0.2) is 12.7 Å². The van der Waals surface area contributed by atoms with Crippen LogP contribution >= 0.6 is 0 Å². The summed E-state index contributed by atoms with van der Waals surface area (Å²) in [5, 5.41) is 2.91. The van der Waals surface area contributed by atoms with Crippen molar-refractivity contribution < 1.29 is 18.0 Å². The van der Waals surface area contributed by atoms with Crippen molar-refractivity contribution in [2.24, 2.45) is 11.8 Å². The molecular formula is C17H22N2O4S. The molecule has 1 heterocycles. The van der Waals surface area contributed by atoms with E-state index in [0.29, 0.717) is 16.1 Å². The van der Waals surface area contributed by atoms with Gasteiger partial charge in [0.25, 0.3) is 15.9 Å². The second kappa shape index (κ2) is 6.20. The fourth-order valence-corrected chi connectivity index (χ4v) is 5.08. The minimum atomic E-state index is -3.93. The topological polar surface area (TPSA) is 83.6 Å². The second-order valence-corrected chi connectivity index (χ2v) is 8.59. The highest BCUT2D eigenvalue weighted by Crippen LogP contribution is 2.31. The minimum absolute atomic E-state index is 0.0255. The molecule has 0 saturated heterocycles. The predicted molar refractivity (Wildman–Crippen MR) is 88.8 cm³/mol. The van der Waals surface area contributed by atoms with E-state index in [4.69, 9.17) is 0 Å². The Morgan fingerprint density at radius 3 is 2.67 bits per heavy atom. The molecule has 0 spiro atoms. The van der Waals surface area contributed by atoms with Crippen LogP contribution in [0.5, 0.6) is 0 Å². The van der Waals surface area contributed by atoms with Gasteiger partial charge in [0.1, 0.15) is 11.4 Å². The van der Waals surface area contributed by atoms with Crippen molar-refractivity contribution >= 4 is 21.8 Å². The zero-order valence-corrected chi connectivity index (χ0v) is 14.7. The molecule has 6 nitrogen and oxygen atoms in total. The quantitative estimate of drug-likeness (QED) is 0.900. The van der Waals surface area contributed by atoms with Crippen molar-refractivity contribution in [1.29, 1.82) is 0 Å². The highest BCUT2D eigenvalue weighted by atomic mass is 32.2. The van der Waals surface area contributed by atoms with E-state index in [2.05, 4.69) is 19.2 Å². The standard InChI is InChI=1S/C17H22N2O4S/c1-11-6-5-8-14(12(11)2)18-16(20)10-19-17(21)13-7-3-4-9-15(13)24(19,22)23/h3-4,7,9,11-12,14H,5-6,8,10H2,1-2H3,(H,18,20). The lowest BCUT2D eigenvalue weighted by molar-refractivity contribution is -0.122. The van der Waals surface area contributed by atoms with Crippen LogP contribution in [0.25, 0.3) is 0 Å². The van der Waals surface area contributed by atoms with Gasteiger partial charge in [-0.3, -0.25) is 9.59 Å². The van der Waals surface area contributed by atoms with E-state index >= 15 is 0 Å². The molecule has 7 heteroatoms.